The fourth-order valence-electron chi connectivity index (χ4n) is 3.20. The highest BCUT2D eigenvalue weighted by Crippen LogP contribution is 2.29. The first-order chi connectivity index (χ1) is 14.1. The predicted octanol–water partition coefficient (Wildman–Crippen LogP) is 5.37. The van der Waals surface area contributed by atoms with Gasteiger partial charge in [-0.1, -0.05) is 54.1 Å². The van der Waals surface area contributed by atoms with E-state index in [2.05, 4.69) is 5.32 Å². The second kappa shape index (κ2) is 10.5. The molecule has 1 unspecified atom stereocenters. The van der Waals surface area contributed by atoms with Crippen LogP contribution in [0.15, 0.2) is 60.7 Å². The number of fused-ring (bicyclic) bond motifs is 1. The molecule has 4 nitrogen and oxygen atoms in total. The highest BCUT2D eigenvalue weighted by Gasteiger charge is 2.18. The molecule has 0 fully saturated rings. The van der Waals surface area contributed by atoms with E-state index in [0.29, 0.717) is 24.6 Å². The molecule has 0 saturated heterocycles. The Labute approximate surface area is 180 Å². The van der Waals surface area contributed by atoms with E-state index in [4.69, 9.17) is 16.3 Å². The van der Waals surface area contributed by atoms with Gasteiger partial charge >= 0.3 is 5.97 Å². The zero-order chi connectivity index (χ0) is 20.6. The number of thioether (sulfide) groups is 1. The quantitative estimate of drug-likeness (QED) is 0.453. The lowest BCUT2D eigenvalue weighted by atomic mass is 10.0. The molecule has 0 bridgehead atoms. The first kappa shape index (κ1) is 21.5. The molecule has 3 rings (SSSR count). The molecule has 3 aromatic carbocycles. The number of halogens is 1. The number of ether oxygens (including phenoxy) is 1. The van der Waals surface area contributed by atoms with Crippen LogP contribution in [0.4, 0.5) is 0 Å². The Bertz CT molecular complexity index is 979. The highest BCUT2D eigenvalue weighted by atomic mass is 35.5. The van der Waals surface area contributed by atoms with Crippen molar-refractivity contribution in [2.45, 2.75) is 25.6 Å². The summed E-state index contributed by atoms with van der Waals surface area (Å²) in [5, 5.41) is 15.5. The van der Waals surface area contributed by atoms with E-state index in [0.717, 1.165) is 33.4 Å². The topological polar surface area (TPSA) is 58.6 Å². The SMILES string of the molecule is CSCCC(NCc1c(OCc2cccc(Cl)c2)ccc2ccccc12)C(=O)O. The van der Waals surface area contributed by atoms with Gasteiger partial charge in [-0.2, -0.15) is 11.8 Å². The Morgan fingerprint density at radius 2 is 2.00 bits per heavy atom. The molecule has 0 aromatic heterocycles. The van der Waals surface area contributed by atoms with E-state index >= 15 is 0 Å². The summed E-state index contributed by atoms with van der Waals surface area (Å²) in [6.45, 7) is 0.804. The van der Waals surface area contributed by atoms with E-state index < -0.39 is 12.0 Å². The van der Waals surface area contributed by atoms with Gasteiger partial charge in [0, 0.05) is 17.1 Å². The van der Waals surface area contributed by atoms with E-state index in [1.54, 1.807) is 11.8 Å². The van der Waals surface area contributed by atoms with Gasteiger partial charge in [0.15, 0.2) is 0 Å². The summed E-state index contributed by atoms with van der Waals surface area (Å²) in [6, 6.07) is 19.0. The molecule has 0 spiro atoms. The first-order valence-corrected chi connectivity index (χ1v) is 11.2. The summed E-state index contributed by atoms with van der Waals surface area (Å²) in [4.78, 5) is 11.6. The van der Waals surface area contributed by atoms with Gasteiger partial charge in [0.2, 0.25) is 0 Å². The maximum Gasteiger partial charge on any atom is 0.320 e. The summed E-state index contributed by atoms with van der Waals surface area (Å²) >= 11 is 7.71. The van der Waals surface area contributed by atoms with Gasteiger partial charge in [-0.05, 0) is 53.0 Å². The van der Waals surface area contributed by atoms with E-state index in [9.17, 15) is 9.90 Å². The van der Waals surface area contributed by atoms with Gasteiger partial charge in [0.25, 0.3) is 0 Å². The molecule has 0 radical (unpaired) electrons. The second-order valence-electron chi connectivity index (χ2n) is 6.74. The lowest BCUT2D eigenvalue weighted by Crippen LogP contribution is -2.36. The maximum atomic E-state index is 11.6. The van der Waals surface area contributed by atoms with Crippen LogP contribution in [0.25, 0.3) is 10.8 Å². The number of rotatable bonds is 10. The summed E-state index contributed by atoms with van der Waals surface area (Å²) in [7, 11) is 0. The molecular formula is C23H24ClNO3S. The van der Waals surface area contributed by atoms with Crippen LogP contribution in [0, 0.1) is 0 Å². The van der Waals surface area contributed by atoms with E-state index in [1.807, 2.05) is 66.9 Å². The Morgan fingerprint density at radius 1 is 1.17 bits per heavy atom. The number of hydrogen-bond donors (Lipinski definition) is 2. The Balaban J connectivity index is 1.84. The zero-order valence-corrected chi connectivity index (χ0v) is 17.8. The molecule has 0 saturated carbocycles. The lowest BCUT2D eigenvalue weighted by Gasteiger charge is -2.18. The molecule has 0 aliphatic carbocycles. The van der Waals surface area contributed by atoms with Crippen molar-refractivity contribution in [1.82, 2.24) is 5.32 Å². The van der Waals surface area contributed by atoms with Crippen molar-refractivity contribution in [3.05, 3.63) is 76.8 Å². The van der Waals surface area contributed by atoms with Crippen LogP contribution >= 0.6 is 23.4 Å². The Morgan fingerprint density at radius 3 is 2.76 bits per heavy atom. The van der Waals surface area contributed by atoms with E-state index in [-0.39, 0.29) is 0 Å². The smallest absolute Gasteiger partial charge is 0.320 e. The average Bonchev–Trinajstić information content (AvgIpc) is 2.72. The second-order valence-corrected chi connectivity index (χ2v) is 8.16. The molecular weight excluding hydrogens is 406 g/mol. The number of nitrogens with one attached hydrogen (secondary N) is 1. The molecule has 0 heterocycles. The van der Waals surface area contributed by atoms with Crippen LogP contribution in [0.1, 0.15) is 17.5 Å². The molecule has 2 N–H and O–H groups in total. The number of aliphatic carboxylic acids is 1. The molecule has 29 heavy (non-hydrogen) atoms. The molecule has 0 aliphatic heterocycles. The van der Waals surface area contributed by atoms with Crippen molar-refractivity contribution < 1.29 is 14.6 Å². The van der Waals surface area contributed by atoms with Crippen LogP contribution in [0.3, 0.4) is 0 Å². The summed E-state index contributed by atoms with van der Waals surface area (Å²) in [6.07, 6.45) is 2.55. The predicted molar refractivity (Wildman–Crippen MR) is 121 cm³/mol. The monoisotopic (exact) mass is 429 g/mol. The lowest BCUT2D eigenvalue weighted by molar-refractivity contribution is -0.139. The largest absolute Gasteiger partial charge is 0.489 e. The number of hydrogen-bond acceptors (Lipinski definition) is 4. The summed E-state index contributed by atoms with van der Waals surface area (Å²) < 4.78 is 6.11. The maximum absolute atomic E-state index is 11.6. The first-order valence-electron chi connectivity index (χ1n) is 9.41. The third kappa shape index (κ3) is 5.89. The van der Waals surface area contributed by atoms with Crippen LogP contribution in [-0.4, -0.2) is 29.1 Å². The molecule has 0 amide bonds. The Hall–Kier alpha value is -2.21. The van der Waals surface area contributed by atoms with Gasteiger partial charge in [0.1, 0.15) is 18.4 Å². The third-order valence-electron chi connectivity index (χ3n) is 4.71. The minimum atomic E-state index is -0.833. The van der Waals surface area contributed by atoms with Gasteiger partial charge in [0.05, 0.1) is 0 Å². The van der Waals surface area contributed by atoms with Gasteiger partial charge in [-0.3, -0.25) is 4.79 Å². The fourth-order valence-corrected chi connectivity index (χ4v) is 3.88. The molecule has 3 aromatic rings. The molecule has 1 atom stereocenters. The van der Waals surface area contributed by atoms with Crippen LogP contribution in [0.2, 0.25) is 5.02 Å². The molecule has 0 aliphatic rings. The number of carbonyl (C=O) groups is 1. The highest BCUT2D eigenvalue weighted by molar-refractivity contribution is 7.98. The molecule has 152 valence electrons. The van der Waals surface area contributed by atoms with Crippen molar-refractivity contribution in [3.63, 3.8) is 0 Å². The molecule has 6 heteroatoms. The van der Waals surface area contributed by atoms with Crippen molar-refractivity contribution >= 4 is 40.1 Å². The van der Waals surface area contributed by atoms with Gasteiger partial charge < -0.3 is 15.2 Å². The Kier molecular flexibility index (Phi) is 7.81. The summed E-state index contributed by atoms with van der Waals surface area (Å²) in [5.41, 5.74) is 1.94. The standard InChI is InChI=1S/C23H24ClNO3S/c1-29-12-11-21(23(26)27)25-14-20-19-8-3-2-6-17(19)9-10-22(20)28-15-16-5-4-7-18(24)13-16/h2-10,13,21,25H,11-12,14-15H2,1H3,(H,26,27). The minimum absolute atomic E-state index is 0.390. The van der Waals surface area contributed by atoms with Crippen LogP contribution < -0.4 is 10.1 Å². The average molecular weight is 430 g/mol. The van der Waals surface area contributed by atoms with Crippen molar-refractivity contribution in [3.8, 4) is 5.75 Å². The van der Waals surface area contributed by atoms with Gasteiger partial charge in [-0.25, -0.2) is 0 Å². The van der Waals surface area contributed by atoms with Crippen LogP contribution in [-0.2, 0) is 17.9 Å². The van der Waals surface area contributed by atoms with Crippen molar-refractivity contribution in [2.75, 3.05) is 12.0 Å². The van der Waals surface area contributed by atoms with Crippen molar-refractivity contribution in [1.29, 1.82) is 0 Å². The van der Waals surface area contributed by atoms with Gasteiger partial charge in [-0.15, -0.1) is 0 Å². The fraction of sp³-hybridized carbons (Fsp3) is 0.261. The van der Waals surface area contributed by atoms with E-state index in [1.165, 1.54) is 0 Å². The van der Waals surface area contributed by atoms with Crippen LogP contribution in [0.5, 0.6) is 5.75 Å². The summed E-state index contributed by atoms with van der Waals surface area (Å²) in [5.74, 6) is 0.698. The number of carboxylic acids is 1. The van der Waals surface area contributed by atoms with Crippen molar-refractivity contribution in [2.24, 2.45) is 0 Å². The number of carboxylic acid groups (broad SMARTS) is 1. The minimum Gasteiger partial charge on any atom is -0.489 e. The normalized spacial score (nSPS) is 12.1. The third-order valence-corrected chi connectivity index (χ3v) is 5.59. The number of benzene rings is 3. The zero-order valence-electron chi connectivity index (χ0n) is 16.2.